The van der Waals surface area contributed by atoms with Crippen LogP contribution in [0.25, 0.3) is 0 Å². The van der Waals surface area contributed by atoms with E-state index in [1.54, 1.807) is 0 Å². The van der Waals surface area contributed by atoms with E-state index in [0.717, 1.165) is 31.5 Å². The average molecular weight is 382 g/mol. The standard InChI is InChI=1S/C20H20BrN3/c21-18-8-6-17-11-19(9-7-16(17)10-18)23-20-12-22-24(14-20)13-15-4-2-1-3-5-15/h1-6,8,10,12,14,19,23H,7,9,11,13H2. The van der Waals surface area contributed by atoms with Gasteiger partial charge in [-0.2, -0.15) is 5.10 Å². The zero-order valence-corrected chi connectivity index (χ0v) is 15.0. The molecular formula is C20H20BrN3. The molecule has 0 amide bonds. The van der Waals surface area contributed by atoms with E-state index in [1.807, 2.05) is 16.9 Å². The molecule has 0 saturated heterocycles. The molecule has 24 heavy (non-hydrogen) atoms. The number of rotatable bonds is 4. The molecule has 0 bridgehead atoms. The lowest BCUT2D eigenvalue weighted by molar-refractivity contribution is 0.610. The van der Waals surface area contributed by atoms with E-state index in [9.17, 15) is 0 Å². The number of benzene rings is 2. The van der Waals surface area contributed by atoms with Gasteiger partial charge in [-0.25, -0.2) is 0 Å². The Kier molecular flexibility index (Phi) is 4.39. The first kappa shape index (κ1) is 15.5. The second-order valence-corrected chi connectivity index (χ2v) is 7.32. The number of aromatic nitrogens is 2. The summed E-state index contributed by atoms with van der Waals surface area (Å²) in [6, 6.07) is 17.5. The summed E-state index contributed by atoms with van der Waals surface area (Å²) >= 11 is 3.56. The van der Waals surface area contributed by atoms with Crippen LogP contribution in [0.4, 0.5) is 5.69 Å². The lowest BCUT2D eigenvalue weighted by Gasteiger charge is -2.26. The molecule has 1 unspecified atom stereocenters. The van der Waals surface area contributed by atoms with Crippen molar-refractivity contribution in [2.75, 3.05) is 5.32 Å². The van der Waals surface area contributed by atoms with Crippen molar-refractivity contribution in [3.63, 3.8) is 0 Å². The monoisotopic (exact) mass is 381 g/mol. The van der Waals surface area contributed by atoms with Crippen LogP contribution in [0.1, 0.15) is 23.1 Å². The Bertz CT molecular complexity index is 826. The fourth-order valence-corrected chi connectivity index (χ4v) is 3.79. The Hall–Kier alpha value is -2.07. The van der Waals surface area contributed by atoms with Crippen molar-refractivity contribution in [3.8, 4) is 0 Å². The molecule has 3 aromatic rings. The molecule has 1 heterocycles. The Morgan fingerprint density at radius 2 is 2.00 bits per heavy atom. The number of fused-ring (bicyclic) bond motifs is 1. The van der Waals surface area contributed by atoms with Crippen molar-refractivity contribution in [1.82, 2.24) is 9.78 Å². The summed E-state index contributed by atoms with van der Waals surface area (Å²) in [6.45, 7) is 0.810. The van der Waals surface area contributed by atoms with Crippen molar-refractivity contribution in [2.45, 2.75) is 31.8 Å². The van der Waals surface area contributed by atoms with E-state index in [-0.39, 0.29) is 0 Å². The maximum Gasteiger partial charge on any atom is 0.0728 e. The molecule has 0 radical (unpaired) electrons. The smallest absolute Gasteiger partial charge is 0.0728 e. The van der Waals surface area contributed by atoms with Crippen LogP contribution in [0.15, 0.2) is 65.4 Å². The van der Waals surface area contributed by atoms with Gasteiger partial charge < -0.3 is 5.32 Å². The highest BCUT2D eigenvalue weighted by atomic mass is 79.9. The predicted molar refractivity (Wildman–Crippen MR) is 101 cm³/mol. The molecular weight excluding hydrogens is 362 g/mol. The van der Waals surface area contributed by atoms with Gasteiger partial charge in [0.05, 0.1) is 18.4 Å². The number of nitrogens with one attached hydrogen (secondary N) is 1. The van der Waals surface area contributed by atoms with Gasteiger partial charge in [0.15, 0.2) is 0 Å². The molecule has 1 N–H and O–H groups in total. The maximum absolute atomic E-state index is 4.48. The first-order chi connectivity index (χ1) is 11.8. The third-order valence-corrected chi connectivity index (χ3v) is 5.08. The topological polar surface area (TPSA) is 29.9 Å². The van der Waals surface area contributed by atoms with E-state index in [1.165, 1.54) is 21.2 Å². The predicted octanol–water partition coefficient (Wildman–Crippen LogP) is 4.66. The highest BCUT2D eigenvalue weighted by Crippen LogP contribution is 2.26. The minimum absolute atomic E-state index is 0.480. The molecule has 122 valence electrons. The molecule has 1 atom stereocenters. The van der Waals surface area contributed by atoms with E-state index in [0.29, 0.717) is 6.04 Å². The highest BCUT2D eigenvalue weighted by Gasteiger charge is 2.19. The zero-order chi connectivity index (χ0) is 16.4. The summed E-state index contributed by atoms with van der Waals surface area (Å²) in [6.07, 6.45) is 7.40. The van der Waals surface area contributed by atoms with Gasteiger partial charge in [0.25, 0.3) is 0 Å². The van der Waals surface area contributed by atoms with Crippen LogP contribution in [0, 0.1) is 0 Å². The van der Waals surface area contributed by atoms with Crippen molar-refractivity contribution in [1.29, 1.82) is 0 Å². The molecule has 4 rings (SSSR count). The zero-order valence-electron chi connectivity index (χ0n) is 13.5. The summed E-state index contributed by atoms with van der Waals surface area (Å²) in [5.74, 6) is 0. The number of aryl methyl sites for hydroxylation is 1. The van der Waals surface area contributed by atoms with Crippen LogP contribution >= 0.6 is 15.9 Å². The molecule has 3 nitrogen and oxygen atoms in total. The van der Waals surface area contributed by atoms with Crippen LogP contribution in [0.5, 0.6) is 0 Å². The summed E-state index contributed by atoms with van der Waals surface area (Å²) in [7, 11) is 0. The molecule has 0 fully saturated rings. The number of halogens is 1. The number of nitrogens with zero attached hydrogens (tertiary/aromatic N) is 2. The lowest BCUT2D eigenvalue weighted by Crippen LogP contribution is -2.27. The van der Waals surface area contributed by atoms with Crippen LogP contribution in [0.2, 0.25) is 0 Å². The molecule has 0 spiro atoms. The number of hydrogen-bond donors (Lipinski definition) is 1. The minimum Gasteiger partial charge on any atom is -0.379 e. The van der Waals surface area contributed by atoms with Crippen LogP contribution in [-0.2, 0) is 19.4 Å². The third kappa shape index (κ3) is 3.54. The van der Waals surface area contributed by atoms with Crippen molar-refractivity contribution in [3.05, 3.63) is 82.1 Å². The molecule has 4 heteroatoms. The molecule has 1 aliphatic rings. The summed E-state index contributed by atoms with van der Waals surface area (Å²) in [4.78, 5) is 0. The van der Waals surface area contributed by atoms with Crippen molar-refractivity contribution in [2.24, 2.45) is 0 Å². The van der Waals surface area contributed by atoms with Crippen LogP contribution < -0.4 is 5.32 Å². The quantitative estimate of drug-likeness (QED) is 0.711. The van der Waals surface area contributed by atoms with Crippen molar-refractivity contribution < 1.29 is 0 Å². The first-order valence-electron chi connectivity index (χ1n) is 8.36. The number of anilines is 1. The molecule has 1 aromatic heterocycles. The van der Waals surface area contributed by atoms with Gasteiger partial charge >= 0.3 is 0 Å². The van der Waals surface area contributed by atoms with E-state index in [2.05, 4.69) is 75.0 Å². The largest absolute Gasteiger partial charge is 0.379 e. The summed E-state index contributed by atoms with van der Waals surface area (Å²) in [5, 5.41) is 8.13. The fraction of sp³-hybridized carbons (Fsp3) is 0.250. The summed E-state index contributed by atoms with van der Waals surface area (Å²) < 4.78 is 3.17. The first-order valence-corrected chi connectivity index (χ1v) is 9.16. The Morgan fingerprint density at radius 1 is 1.12 bits per heavy atom. The molecule has 1 aliphatic carbocycles. The Morgan fingerprint density at radius 3 is 2.88 bits per heavy atom. The van der Waals surface area contributed by atoms with Gasteiger partial charge in [-0.3, -0.25) is 4.68 Å². The van der Waals surface area contributed by atoms with E-state index < -0.39 is 0 Å². The van der Waals surface area contributed by atoms with Gasteiger partial charge in [-0.1, -0.05) is 52.3 Å². The summed E-state index contributed by atoms with van der Waals surface area (Å²) in [5.41, 5.74) is 5.31. The Balaban J connectivity index is 1.40. The normalized spacial score (nSPS) is 16.6. The lowest BCUT2D eigenvalue weighted by atomic mass is 9.88. The second kappa shape index (κ2) is 6.81. The maximum atomic E-state index is 4.48. The van der Waals surface area contributed by atoms with Gasteiger partial charge in [-0.15, -0.1) is 0 Å². The van der Waals surface area contributed by atoms with Crippen molar-refractivity contribution >= 4 is 21.6 Å². The van der Waals surface area contributed by atoms with Gasteiger partial charge in [-0.05, 0) is 48.1 Å². The minimum atomic E-state index is 0.480. The molecule has 0 aliphatic heterocycles. The number of hydrogen-bond acceptors (Lipinski definition) is 2. The van der Waals surface area contributed by atoms with Crippen LogP contribution in [-0.4, -0.2) is 15.8 Å². The van der Waals surface area contributed by atoms with Gasteiger partial charge in [0, 0.05) is 16.7 Å². The van der Waals surface area contributed by atoms with Gasteiger partial charge in [0.2, 0.25) is 0 Å². The SMILES string of the molecule is Brc1ccc2c(c1)CCC(Nc1cnn(Cc3ccccc3)c1)C2. The Labute approximate surface area is 150 Å². The molecule has 2 aromatic carbocycles. The van der Waals surface area contributed by atoms with E-state index >= 15 is 0 Å². The van der Waals surface area contributed by atoms with E-state index in [4.69, 9.17) is 0 Å². The average Bonchev–Trinajstić information content (AvgIpc) is 3.03. The second-order valence-electron chi connectivity index (χ2n) is 6.41. The molecule has 0 saturated carbocycles. The fourth-order valence-electron chi connectivity index (χ4n) is 3.38. The van der Waals surface area contributed by atoms with Crippen LogP contribution in [0.3, 0.4) is 0 Å². The van der Waals surface area contributed by atoms with Gasteiger partial charge in [0.1, 0.15) is 0 Å². The third-order valence-electron chi connectivity index (χ3n) is 4.59. The highest BCUT2D eigenvalue weighted by molar-refractivity contribution is 9.10.